The summed E-state index contributed by atoms with van der Waals surface area (Å²) < 4.78 is 0. The van der Waals surface area contributed by atoms with Crippen LogP contribution >= 0.6 is 0 Å². The summed E-state index contributed by atoms with van der Waals surface area (Å²) in [6, 6.07) is 1.46. The lowest BCUT2D eigenvalue weighted by Gasteiger charge is -2.42. The second kappa shape index (κ2) is 6.78. The summed E-state index contributed by atoms with van der Waals surface area (Å²) in [5.74, 6) is 0.861. The van der Waals surface area contributed by atoms with Crippen LogP contribution in [0, 0.1) is 11.3 Å². The fourth-order valence-corrected chi connectivity index (χ4v) is 3.33. The maximum Gasteiger partial charge on any atom is 0.0103 e. The van der Waals surface area contributed by atoms with Crippen molar-refractivity contribution in [3.8, 4) is 0 Å². The SMILES string of the molecule is CCCCC(C)NC1CCCCC1C(C)(C)C. The van der Waals surface area contributed by atoms with Gasteiger partial charge in [-0.05, 0) is 37.5 Å². The number of unbranched alkanes of at least 4 members (excludes halogenated alkanes) is 1. The number of hydrogen-bond donors (Lipinski definition) is 1. The number of hydrogen-bond acceptors (Lipinski definition) is 1. The first-order valence-electron chi connectivity index (χ1n) is 7.71. The van der Waals surface area contributed by atoms with Crippen molar-refractivity contribution in [1.82, 2.24) is 5.32 Å². The van der Waals surface area contributed by atoms with Crippen molar-refractivity contribution in [2.45, 2.75) is 91.6 Å². The van der Waals surface area contributed by atoms with Crippen molar-refractivity contribution < 1.29 is 0 Å². The molecule has 3 unspecified atom stereocenters. The lowest BCUT2D eigenvalue weighted by Crippen LogP contribution is -2.47. The van der Waals surface area contributed by atoms with Gasteiger partial charge in [0.2, 0.25) is 0 Å². The first-order chi connectivity index (χ1) is 7.95. The van der Waals surface area contributed by atoms with Crippen LogP contribution in [-0.2, 0) is 0 Å². The highest BCUT2D eigenvalue weighted by Crippen LogP contribution is 2.38. The Bertz CT molecular complexity index is 204. The van der Waals surface area contributed by atoms with Gasteiger partial charge in [-0.15, -0.1) is 0 Å². The summed E-state index contributed by atoms with van der Waals surface area (Å²) in [7, 11) is 0. The Morgan fingerprint density at radius 2 is 1.82 bits per heavy atom. The molecule has 0 radical (unpaired) electrons. The smallest absolute Gasteiger partial charge is 0.0103 e. The van der Waals surface area contributed by atoms with Crippen molar-refractivity contribution in [1.29, 1.82) is 0 Å². The van der Waals surface area contributed by atoms with Gasteiger partial charge in [-0.3, -0.25) is 0 Å². The third-order valence-corrected chi connectivity index (χ3v) is 4.37. The van der Waals surface area contributed by atoms with Gasteiger partial charge < -0.3 is 5.32 Å². The van der Waals surface area contributed by atoms with Crippen LogP contribution in [-0.4, -0.2) is 12.1 Å². The third kappa shape index (κ3) is 4.99. The second-order valence-corrected chi connectivity index (χ2v) is 7.07. The van der Waals surface area contributed by atoms with Gasteiger partial charge in [0.25, 0.3) is 0 Å². The first kappa shape index (κ1) is 15.0. The van der Waals surface area contributed by atoms with Crippen LogP contribution in [0.15, 0.2) is 0 Å². The van der Waals surface area contributed by atoms with E-state index in [-0.39, 0.29) is 0 Å². The molecule has 0 saturated heterocycles. The van der Waals surface area contributed by atoms with Crippen molar-refractivity contribution in [2.75, 3.05) is 0 Å². The Morgan fingerprint density at radius 3 is 2.41 bits per heavy atom. The first-order valence-corrected chi connectivity index (χ1v) is 7.71. The van der Waals surface area contributed by atoms with Crippen molar-refractivity contribution in [3.05, 3.63) is 0 Å². The van der Waals surface area contributed by atoms with E-state index < -0.39 is 0 Å². The Kier molecular flexibility index (Phi) is 5.99. The van der Waals surface area contributed by atoms with E-state index in [1.807, 2.05) is 0 Å². The van der Waals surface area contributed by atoms with Crippen LogP contribution in [0.3, 0.4) is 0 Å². The van der Waals surface area contributed by atoms with E-state index in [0.29, 0.717) is 11.5 Å². The summed E-state index contributed by atoms with van der Waals surface area (Å²) in [6.07, 6.45) is 9.68. The van der Waals surface area contributed by atoms with Gasteiger partial charge in [-0.2, -0.15) is 0 Å². The van der Waals surface area contributed by atoms with Gasteiger partial charge in [0.15, 0.2) is 0 Å². The summed E-state index contributed by atoms with van der Waals surface area (Å²) in [5, 5.41) is 3.91. The predicted octanol–water partition coefficient (Wildman–Crippen LogP) is 4.76. The zero-order valence-electron chi connectivity index (χ0n) is 12.7. The van der Waals surface area contributed by atoms with E-state index in [4.69, 9.17) is 0 Å². The standard InChI is InChI=1S/C16H33N/c1-6-7-10-13(2)17-15-12-9-8-11-14(15)16(3,4)5/h13-15,17H,6-12H2,1-5H3. The van der Waals surface area contributed by atoms with Gasteiger partial charge in [-0.1, -0.05) is 53.4 Å². The fourth-order valence-electron chi connectivity index (χ4n) is 3.33. The Morgan fingerprint density at radius 1 is 1.18 bits per heavy atom. The zero-order valence-corrected chi connectivity index (χ0v) is 12.7. The molecule has 1 fully saturated rings. The molecule has 0 heterocycles. The van der Waals surface area contributed by atoms with Gasteiger partial charge >= 0.3 is 0 Å². The average molecular weight is 239 g/mol. The van der Waals surface area contributed by atoms with Crippen LogP contribution in [0.1, 0.15) is 79.6 Å². The molecule has 3 atom stereocenters. The fraction of sp³-hybridized carbons (Fsp3) is 1.00. The lowest BCUT2D eigenvalue weighted by atomic mass is 9.69. The monoisotopic (exact) mass is 239 g/mol. The molecule has 1 N–H and O–H groups in total. The van der Waals surface area contributed by atoms with Gasteiger partial charge in [0.1, 0.15) is 0 Å². The van der Waals surface area contributed by atoms with Crippen LogP contribution < -0.4 is 5.32 Å². The van der Waals surface area contributed by atoms with Crippen molar-refractivity contribution in [2.24, 2.45) is 11.3 Å². The van der Waals surface area contributed by atoms with E-state index in [9.17, 15) is 0 Å². The van der Waals surface area contributed by atoms with E-state index in [1.54, 1.807) is 0 Å². The lowest BCUT2D eigenvalue weighted by molar-refractivity contribution is 0.123. The highest BCUT2D eigenvalue weighted by molar-refractivity contribution is 4.89. The molecule has 1 aliphatic carbocycles. The summed E-state index contributed by atoms with van der Waals surface area (Å²) in [4.78, 5) is 0. The van der Waals surface area contributed by atoms with E-state index >= 15 is 0 Å². The van der Waals surface area contributed by atoms with E-state index in [0.717, 1.165) is 12.0 Å². The summed E-state index contributed by atoms with van der Waals surface area (Å²) in [5.41, 5.74) is 0.461. The second-order valence-electron chi connectivity index (χ2n) is 7.07. The zero-order chi connectivity index (χ0) is 12.9. The van der Waals surface area contributed by atoms with Gasteiger partial charge in [0.05, 0.1) is 0 Å². The summed E-state index contributed by atoms with van der Waals surface area (Å²) in [6.45, 7) is 11.9. The minimum absolute atomic E-state index is 0.461. The molecule has 0 aromatic rings. The normalized spacial score (nSPS) is 28.1. The topological polar surface area (TPSA) is 12.0 Å². The largest absolute Gasteiger partial charge is 0.311 e. The molecule has 1 rings (SSSR count). The molecule has 0 bridgehead atoms. The van der Waals surface area contributed by atoms with Gasteiger partial charge in [0, 0.05) is 12.1 Å². The van der Waals surface area contributed by atoms with Crippen LogP contribution in [0.2, 0.25) is 0 Å². The predicted molar refractivity (Wildman–Crippen MR) is 77.3 cm³/mol. The Labute approximate surface area is 109 Å². The molecule has 1 heteroatoms. The molecule has 102 valence electrons. The molecule has 1 saturated carbocycles. The van der Waals surface area contributed by atoms with Crippen LogP contribution in [0.4, 0.5) is 0 Å². The maximum atomic E-state index is 3.91. The Hall–Kier alpha value is -0.0400. The quantitative estimate of drug-likeness (QED) is 0.729. The molecule has 0 aromatic heterocycles. The summed E-state index contributed by atoms with van der Waals surface area (Å²) >= 11 is 0. The number of nitrogens with one attached hydrogen (secondary N) is 1. The highest BCUT2D eigenvalue weighted by atomic mass is 15.0. The molecular weight excluding hydrogens is 206 g/mol. The molecule has 0 amide bonds. The third-order valence-electron chi connectivity index (χ3n) is 4.37. The highest BCUT2D eigenvalue weighted by Gasteiger charge is 2.34. The molecule has 0 spiro atoms. The minimum atomic E-state index is 0.461. The molecule has 0 aliphatic heterocycles. The van der Waals surface area contributed by atoms with Crippen molar-refractivity contribution >= 4 is 0 Å². The molecular formula is C16H33N. The average Bonchev–Trinajstić information content (AvgIpc) is 2.25. The molecule has 17 heavy (non-hydrogen) atoms. The van der Waals surface area contributed by atoms with Crippen LogP contribution in [0.25, 0.3) is 0 Å². The van der Waals surface area contributed by atoms with Crippen molar-refractivity contribution in [3.63, 3.8) is 0 Å². The maximum absolute atomic E-state index is 3.91. The molecule has 0 aromatic carbocycles. The van der Waals surface area contributed by atoms with E-state index in [2.05, 4.69) is 39.9 Å². The van der Waals surface area contributed by atoms with Crippen LogP contribution in [0.5, 0.6) is 0 Å². The minimum Gasteiger partial charge on any atom is -0.311 e. The molecule has 1 nitrogen and oxygen atoms in total. The number of rotatable bonds is 5. The molecule has 1 aliphatic rings. The van der Waals surface area contributed by atoms with Gasteiger partial charge in [-0.25, -0.2) is 0 Å². The van der Waals surface area contributed by atoms with E-state index in [1.165, 1.54) is 44.9 Å². The Balaban J connectivity index is 2.48.